The van der Waals surface area contributed by atoms with Crippen molar-refractivity contribution in [2.75, 3.05) is 10.6 Å². The van der Waals surface area contributed by atoms with Gasteiger partial charge in [-0.2, -0.15) is 13.2 Å². The summed E-state index contributed by atoms with van der Waals surface area (Å²) in [5, 5.41) is 5.72. The molecule has 4 aromatic rings. The third kappa shape index (κ3) is 5.70. The molecule has 1 amide bonds. The van der Waals surface area contributed by atoms with Crippen molar-refractivity contribution >= 4 is 17.5 Å². The Balaban J connectivity index is 1.63. The summed E-state index contributed by atoms with van der Waals surface area (Å²) in [6, 6.07) is 8.64. The van der Waals surface area contributed by atoms with Crippen molar-refractivity contribution in [2.45, 2.75) is 39.9 Å². The number of imidazole rings is 1. The fraction of sp³-hybridized carbons (Fsp3) is 0.231. The van der Waals surface area contributed by atoms with Crippen molar-refractivity contribution in [1.82, 2.24) is 19.5 Å². The number of carbonyl (C=O) groups is 1. The van der Waals surface area contributed by atoms with E-state index in [0.29, 0.717) is 17.2 Å². The minimum atomic E-state index is -4.58. The number of hydrogen-bond acceptors (Lipinski definition) is 5. The minimum Gasteiger partial charge on any atom is -0.352 e. The highest BCUT2D eigenvalue weighted by molar-refractivity contribution is 6.05. The van der Waals surface area contributed by atoms with Gasteiger partial charge in [-0.3, -0.25) is 4.79 Å². The lowest BCUT2D eigenvalue weighted by Crippen LogP contribution is -2.14. The monoisotopic (exact) mass is 494 g/mol. The molecular weight excluding hydrogens is 469 g/mol. The highest BCUT2D eigenvalue weighted by atomic mass is 19.4. The van der Waals surface area contributed by atoms with E-state index in [4.69, 9.17) is 0 Å². The van der Waals surface area contributed by atoms with Crippen LogP contribution in [0.2, 0.25) is 0 Å². The molecule has 2 heterocycles. The zero-order valence-electron chi connectivity index (χ0n) is 20.2. The molecule has 2 aromatic heterocycles. The highest BCUT2D eigenvalue weighted by Crippen LogP contribution is 2.33. The van der Waals surface area contributed by atoms with Gasteiger partial charge in [0.2, 0.25) is 5.95 Å². The number of carbonyl (C=O) groups excluding carboxylic acids is 1. The second-order valence-corrected chi connectivity index (χ2v) is 8.77. The first kappa shape index (κ1) is 24.9. The number of alkyl halides is 3. The van der Waals surface area contributed by atoms with E-state index in [0.717, 1.165) is 23.3 Å². The van der Waals surface area contributed by atoms with Gasteiger partial charge in [-0.25, -0.2) is 15.0 Å². The molecule has 2 N–H and O–H groups in total. The molecule has 0 aliphatic carbocycles. The smallest absolute Gasteiger partial charge is 0.352 e. The molecule has 0 spiro atoms. The summed E-state index contributed by atoms with van der Waals surface area (Å²) >= 11 is 0. The molecule has 186 valence electrons. The molecule has 0 fully saturated rings. The van der Waals surface area contributed by atoms with Crippen LogP contribution in [-0.4, -0.2) is 31.5 Å². The van der Waals surface area contributed by atoms with E-state index in [1.54, 1.807) is 43.7 Å². The number of halogens is 3. The number of aromatic nitrogens is 4. The van der Waals surface area contributed by atoms with Crippen LogP contribution in [0, 0.1) is 13.8 Å². The SMILES string of the molecule is Cc1cn(-c2cc(NC(=O)c3ccc(C)c(-c4cnc(NC(C)C)nc4)c3)cc(C(F)(F)F)c2)cn1. The Morgan fingerprint density at radius 1 is 1.00 bits per heavy atom. The Hall–Kier alpha value is -4.21. The molecule has 0 bridgehead atoms. The number of anilines is 2. The van der Waals surface area contributed by atoms with Crippen LogP contribution in [0.15, 0.2) is 61.3 Å². The van der Waals surface area contributed by atoms with Crippen LogP contribution in [-0.2, 0) is 6.18 Å². The van der Waals surface area contributed by atoms with Gasteiger partial charge in [0.05, 0.1) is 17.6 Å². The average Bonchev–Trinajstić information content (AvgIpc) is 3.25. The molecule has 0 saturated heterocycles. The number of nitrogens with one attached hydrogen (secondary N) is 2. The largest absolute Gasteiger partial charge is 0.416 e. The zero-order valence-corrected chi connectivity index (χ0v) is 20.2. The maximum Gasteiger partial charge on any atom is 0.416 e. The molecule has 7 nitrogen and oxygen atoms in total. The zero-order chi connectivity index (χ0) is 26.0. The Morgan fingerprint density at radius 2 is 1.72 bits per heavy atom. The van der Waals surface area contributed by atoms with Gasteiger partial charge in [0, 0.05) is 47.1 Å². The first-order valence-electron chi connectivity index (χ1n) is 11.2. The molecule has 0 saturated carbocycles. The number of benzene rings is 2. The van der Waals surface area contributed by atoms with Gasteiger partial charge >= 0.3 is 6.18 Å². The normalized spacial score (nSPS) is 11.6. The van der Waals surface area contributed by atoms with Gasteiger partial charge in [-0.15, -0.1) is 0 Å². The number of nitrogens with zero attached hydrogens (tertiary/aromatic N) is 4. The lowest BCUT2D eigenvalue weighted by Gasteiger charge is -2.14. The fourth-order valence-electron chi connectivity index (χ4n) is 3.64. The number of aryl methyl sites for hydroxylation is 2. The van der Waals surface area contributed by atoms with Crippen molar-refractivity contribution in [2.24, 2.45) is 0 Å². The fourth-order valence-corrected chi connectivity index (χ4v) is 3.64. The van der Waals surface area contributed by atoms with Crippen molar-refractivity contribution < 1.29 is 18.0 Å². The Bertz CT molecular complexity index is 1390. The molecular formula is C26H25F3N6O. The molecule has 36 heavy (non-hydrogen) atoms. The summed E-state index contributed by atoms with van der Waals surface area (Å²) in [7, 11) is 0. The van der Waals surface area contributed by atoms with E-state index in [2.05, 4.69) is 25.6 Å². The van der Waals surface area contributed by atoms with Gasteiger partial charge in [-0.05, 0) is 69.2 Å². The van der Waals surface area contributed by atoms with E-state index >= 15 is 0 Å². The van der Waals surface area contributed by atoms with Crippen LogP contribution in [0.5, 0.6) is 0 Å². The van der Waals surface area contributed by atoms with Crippen molar-refractivity contribution in [3.63, 3.8) is 0 Å². The lowest BCUT2D eigenvalue weighted by atomic mass is 10.00. The summed E-state index contributed by atoms with van der Waals surface area (Å²) in [6.45, 7) is 7.59. The van der Waals surface area contributed by atoms with Crippen LogP contribution >= 0.6 is 0 Å². The van der Waals surface area contributed by atoms with Crippen molar-refractivity contribution in [3.8, 4) is 16.8 Å². The third-order valence-electron chi connectivity index (χ3n) is 5.39. The van der Waals surface area contributed by atoms with Crippen LogP contribution in [0.1, 0.15) is 41.0 Å². The Kier molecular flexibility index (Phi) is 6.78. The molecule has 0 unspecified atom stereocenters. The van der Waals surface area contributed by atoms with Gasteiger partial charge in [0.15, 0.2) is 0 Å². The standard InChI is InChI=1S/C26H25F3N6O/c1-15(2)33-25-30-11-19(12-31-25)23-7-18(6-5-16(23)3)24(36)34-21-8-20(26(27,28)29)9-22(10-21)35-13-17(4)32-14-35/h5-15H,1-4H3,(H,34,36)(H,30,31,33). The Morgan fingerprint density at radius 3 is 2.33 bits per heavy atom. The summed E-state index contributed by atoms with van der Waals surface area (Å²) in [5.41, 5.74) is 2.68. The van der Waals surface area contributed by atoms with Crippen LogP contribution in [0.25, 0.3) is 16.8 Å². The van der Waals surface area contributed by atoms with Crippen LogP contribution in [0.3, 0.4) is 0 Å². The predicted molar refractivity (Wildman–Crippen MR) is 132 cm³/mol. The number of rotatable bonds is 6. The summed E-state index contributed by atoms with van der Waals surface area (Å²) in [4.78, 5) is 25.7. The van der Waals surface area contributed by atoms with Crippen LogP contribution < -0.4 is 10.6 Å². The van der Waals surface area contributed by atoms with E-state index in [9.17, 15) is 18.0 Å². The van der Waals surface area contributed by atoms with Crippen LogP contribution in [0.4, 0.5) is 24.8 Å². The Labute approximate surface area is 206 Å². The van der Waals surface area contributed by atoms with Crippen molar-refractivity contribution in [3.05, 3.63) is 83.7 Å². The van der Waals surface area contributed by atoms with Gasteiger partial charge < -0.3 is 15.2 Å². The molecule has 0 aliphatic rings. The molecule has 2 aromatic carbocycles. The number of amides is 1. The maximum absolute atomic E-state index is 13.6. The molecule has 0 aliphatic heterocycles. The summed E-state index contributed by atoms with van der Waals surface area (Å²) < 4.78 is 42.1. The van der Waals surface area contributed by atoms with Gasteiger partial charge in [0.25, 0.3) is 5.91 Å². The number of hydrogen-bond donors (Lipinski definition) is 2. The summed E-state index contributed by atoms with van der Waals surface area (Å²) in [6.07, 6.45) is 1.77. The average molecular weight is 495 g/mol. The quantitative estimate of drug-likeness (QED) is 0.342. The molecule has 10 heteroatoms. The second-order valence-electron chi connectivity index (χ2n) is 8.77. The van der Waals surface area contributed by atoms with E-state index in [1.165, 1.54) is 17.0 Å². The first-order chi connectivity index (χ1) is 17.0. The topological polar surface area (TPSA) is 84.7 Å². The van der Waals surface area contributed by atoms with E-state index < -0.39 is 17.6 Å². The third-order valence-corrected chi connectivity index (χ3v) is 5.39. The molecule has 0 radical (unpaired) electrons. The summed E-state index contributed by atoms with van der Waals surface area (Å²) in [5.74, 6) is -0.0453. The highest BCUT2D eigenvalue weighted by Gasteiger charge is 2.31. The van der Waals surface area contributed by atoms with Gasteiger partial charge in [-0.1, -0.05) is 6.07 Å². The van der Waals surface area contributed by atoms with Crippen molar-refractivity contribution in [1.29, 1.82) is 0 Å². The minimum absolute atomic E-state index is 0.0192. The maximum atomic E-state index is 13.6. The first-order valence-corrected chi connectivity index (χ1v) is 11.2. The van der Waals surface area contributed by atoms with Gasteiger partial charge in [0.1, 0.15) is 0 Å². The second kappa shape index (κ2) is 9.80. The van der Waals surface area contributed by atoms with E-state index in [-0.39, 0.29) is 23.0 Å². The van der Waals surface area contributed by atoms with E-state index in [1.807, 2.05) is 20.8 Å². The predicted octanol–water partition coefficient (Wildman–Crippen LogP) is 6.04. The molecule has 0 atom stereocenters. The molecule has 4 rings (SSSR count). The lowest BCUT2D eigenvalue weighted by molar-refractivity contribution is -0.137.